The number of aromatic nitrogens is 1. The van der Waals surface area contributed by atoms with Crippen LogP contribution in [0.25, 0.3) is 0 Å². The Hall–Kier alpha value is -1.99. The van der Waals surface area contributed by atoms with Crippen LogP contribution in [-0.4, -0.2) is 4.98 Å². The fraction of sp³-hybridized carbons (Fsp3) is 0.214. The average Bonchev–Trinajstić information content (AvgIpc) is 2.40. The van der Waals surface area contributed by atoms with Gasteiger partial charge in [0.05, 0.1) is 17.3 Å². The Labute approximate surface area is 118 Å². The first-order valence-electron chi connectivity index (χ1n) is 6.08. The summed E-state index contributed by atoms with van der Waals surface area (Å²) in [6, 6.07) is 5.46. The molecule has 0 saturated carbocycles. The normalized spacial score (nSPS) is 13.2. The summed E-state index contributed by atoms with van der Waals surface area (Å²) in [4.78, 5) is 4.08. The molecule has 0 fully saturated rings. The monoisotopic (exact) mass is 299 g/mol. The van der Waals surface area contributed by atoms with E-state index in [0.717, 1.165) is 17.7 Å². The number of pyridine rings is 1. The van der Waals surface area contributed by atoms with E-state index in [1.807, 2.05) is 6.92 Å². The number of halogens is 4. The second kappa shape index (κ2) is 5.79. The van der Waals surface area contributed by atoms with Gasteiger partial charge in [-0.05, 0) is 42.3 Å². The predicted molar refractivity (Wildman–Crippen MR) is 69.5 cm³/mol. The molecule has 0 bridgehead atoms. The van der Waals surface area contributed by atoms with Gasteiger partial charge in [0.15, 0.2) is 0 Å². The van der Waals surface area contributed by atoms with Crippen LogP contribution in [0.1, 0.15) is 28.4 Å². The van der Waals surface area contributed by atoms with E-state index >= 15 is 0 Å². The van der Waals surface area contributed by atoms with Gasteiger partial charge in [-0.1, -0.05) is 6.07 Å². The molecule has 0 amide bonds. The molecule has 0 spiro atoms. The number of hydrazine groups is 1. The number of nitrogens with zero attached hydrogens (tertiary/aromatic N) is 1. The topological polar surface area (TPSA) is 50.9 Å². The van der Waals surface area contributed by atoms with Crippen molar-refractivity contribution < 1.29 is 17.6 Å². The molecule has 2 rings (SSSR count). The van der Waals surface area contributed by atoms with Crippen molar-refractivity contribution in [3.8, 4) is 0 Å². The second-order valence-electron chi connectivity index (χ2n) is 4.59. The van der Waals surface area contributed by atoms with E-state index in [1.165, 1.54) is 12.3 Å². The lowest BCUT2D eigenvalue weighted by Crippen LogP contribution is -2.30. The van der Waals surface area contributed by atoms with Crippen LogP contribution in [-0.2, 0) is 6.18 Å². The van der Waals surface area contributed by atoms with Gasteiger partial charge in [-0.25, -0.2) is 9.82 Å². The highest BCUT2D eigenvalue weighted by Gasteiger charge is 2.34. The minimum absolute atomic E-state index is 0.185. The van der Waals surface area contributed by atoms with E-state index in [2.05, 4.69) is 10.4 Å². The third-order valence-corrected chi connectivity index (χ3v) is 3.03. The maximum absolute atomic E-state index is 13.3. The van der Waals surface area contributed by atoms with E-state index in [9.17, 15) is 17.6 Å². The van der Waals surface area contributed by atoms with Crippen LogP contribution in [0.15, 0.2) is 36.5 Å². The lowest BCUT2D eigenvalue weighted by molar-refractivity contribution is -0.140. The third-order valence-electron chi connectivity index (χ3n) is 3.03. The van der Waals surface area contributed by atoms with Crippen molar-refractivity contribution in [1.82, 2.24) is 10.4 Å². The highest BCUT2D eigenvalue weighted by molar-refractivity contribution is 5.34. The molecule has 0 aliphatic rings. The van der Waals surface area contributed by atoms with Gasteiger partial charge in [0.2, 0.25) is 0 Å². The summed E-state index contributed by atoms with van der Waals surface area (Å²) >= 11 is 0. The minimum Gasteiger partial charge on any atom is -0.271 e. The fourth-order valence-electron chi connectivity index (χ4n) is 2.01. The molecular weight excluding hydrogens is 286 g/mol. The molecule has 3 nitrogen and oxygen atoms in total. The molecule has 112 valence electrons. The number of hydrogen-bond donors (Lipinski definition) is 2. The van der Waals surface area contributed by atoms with Gasteiger partial charge in [0, 0.05) is 6.20 Å². The zero-order chi connectivity index (χ0) is 15.6. The van der Waals surface area contributed by atoms with Gasteiger partial charge in [-0.2, -0.15) is 13.2 Å². The molecular formula is C14H13F4N3. The van der Waals surface area contributed by atoms with Crippen molar-refractivity contribution in [2.45, 2.75) is 19.1 Å². The lowest BCUT2D eigenvalue weighted by Gasteiger charge is -2.18. The number of benzene rings is 1. The summed E-state index contributed by atoms with van der Waals surface area (Å²) in [6.07, 6.45) is -3.23. The molecule has 0 aliphatic heterocycles. The van der Waals surface area contributed by atoms with Crippen LogP contribution < -0.4 is 11.3 Å². The SMILES string of the molecule is Cc1ccnc(C(NN)c2ccc(F)c(C(F)(F)F)c2)c1. The molecule has 0 aliphatic carbocycles. The Morgan fingerprint density at radius 1 is 1.19 bits per heavy atom. The summed E-state index contributed by atoms with van der Waals surface area (Å²) in [5.74, 6) is 4.10. The summed E-state index contributed by atoms with van der Waals surface area (Å²) in [7, 11) is 0. The zero-order valence-corrected chi connectivity index (χ0v) is 11.1. The van der Waals surface area contributed by atoms with Gasteiger partial charge in [-0.15, -0.1) is 0 Å². The van der Waals surface area contributed by atoms with E-state index in [0.29, 0.717) is 5.69 Å². The molecule has 1 aromatic carbocycles. The first-order valence-corrected chi connectivity index (χ1v) is 6.08. The molecule has 3 N–H and O–H groups in total. The third kappa shape index (κ3) is 3.37. The standard InChI is InChI=1S/C14H13F4N3/c1-8-4-5-20-12(6-8)13(21-19)9-2-3-11(15)10(7-9)14(16,17)18/h2-7,13,21H,19H2,1H3. The smallest absolute Gasteiger partial charge is 0.271 e. The predicted octanol–water partition coefficient (Wildman–Crippen LogP) is 3.10. The van der Waals surface area contributed by atoms with E-state index in [1.54, 1.807) is 12.1 Å². The molecule has 1 atom stereocenters. The lowest BCUT2D eigenvalue weighted by atomic mass is 10.00. The molecule has 1 heterocycles. The van der Waals surface area contributed by atoms with Crippen LogP contribution >= 0.6 is 0 Å². The van der Waals surface area contributed by atoms with E-state index in [4.69, 9.17) is 5.84 Å². The highest BCUT2D eigenvalue weighted by Crippen LogP contribution is 2.33. The van der Waals surface area contributed by atoms with Crippen molar-refractivity contribution in [1.29, 1.82) is 0 Å². The number of nitrogens with one attached hydrogen (secondary N) is 1. The molecule has 2 aromatic rings. The fourth-order valence-corrected chi connectivity index (χ4v) is 2.01. The molecule has 0 radical (unpaired) electrons. The van der Waals surface area contributed by atoms with Crippen LogP contribution in [0.3, 0.4) is 0 Å². The highest BCUT2D eigenvalue weighted by atomic mass is 19.4. The van der Waals surface area contributed by atoms with Crippen molar-refractivity contribution in [3.05, 3.63) is 64.7 Å². The summed E-state index contributed by atoms with van der Waals surface area (Å²) < 4.78 is 51.6. The van der Waals surface area contributed by atoms with E-state index in [-0.39, 0.29) is 5.56 Å². The number of aryl methyl sites for hydroxylation is 1. The van der Waals surface area contributed by atoms with Crippen LogP contribution in [0.2, 0.25) is 0 Å². The van der Waals surface area contributed by atoms with Crippen molar-refractivity contribution in [3.63, 3.8) is 0 Å². The summed E-state index contributed by atoms with van der Waals surface area (Å²) in [5.41, 5.74) is 2.61. The van der Waals surface area contributed by atoms with Crippen molar-refractivity contribution in [2.24, 2.45) is 5.84 Å². The van der Waals surface area contributed by atoms with Crippen LogP contribution in [0, 0.1) is 12.7 Å². The molecule has 1 aromatic heterocycles. The van der Waals surface area contributed by atoms with Gasteiger partial charge < -0.3 is 0 Å². The molecule has 1 unspecified atom stereocenters. The van der Waals surface area contributed by atoms with E-state index < -0.39 is 23.6 Å². The first-order chi connectivity index (χ1) is 9.82. The number of nitrogens with two attached hydrogens (primary N) is 1. The Kier molecular flexibility index (Phi) is 4.24. The summed E-state index contributed by atoms with van der Waals surface area (Å²) in [6.45, 7) is 1.82. The van der Waals surface area contributed by atoms with Crippen molar-refractivity contribution >= 4 is 0 Å². The average molecular weight is 299 g/mol. The maximum atomic E-state index is 13.3. The zero-order valence-electron chi connectivity index (χ0n) is 11.1. The largest absolute Gasteiger partial charge is 0.419 e. The van der Waals surface area contributed by atoms with Crippen molar-refractivity contribution in [2.75, 3.05) is 0 Å². The van der Waals surface area contributed by atoms with Crippen LogP contribution in [0.5, 0.6) is 0 Å². The second-order valence-corrected chi connectivity index (χ2v) is 4.59. The Morgan fingerprint density at radius 3 is 2.48 bits per heavy atom. The quantitative estimate of drug-likeness (QED) is 0.520. The Morgan fingerprint density at radius 2 is 1.90 bits per heavy atom. The summed E-state index contributed by atoms with van der Waals surface area (Å²) in [5, 5.41) is 0. The Bertz CT molecular complexity index is 640. The number of hydrogen-bond acceptors (Lipinski definition) is 3. The van der Waals surface area contributed by atoms with Gasteiger partial charge in [0.1, 0.15) is 5.82 Å². The number of alkyl halides is 3. The van der Waals surface area contributed by atoms with Gasteiger partial charge in [-0.3, -0.25) is 10.8 Å². The molecule has 0 saturated heterocycles. The van der Waals surface area contributed by atoms with Gasteiger partial charge in [0.25, 0.3) is 0 Å². The van der Waals surface area contributed by atoms with Gasteiger partial charge >= 0.3 is 6.18 Å². The van der Waals surface area contributed by atoms with Crippen LogP contribution in [0.4, 0.5) is 17.6 Å². The molecule has 21 heavy (non-hydrogen) atoms. The molecule has 7 heteroatoms. The maximum Gasteiger partial charge on any atom is 0.419 e. The first kappa shape index (κ1) is 15.4. The number of rotatable bonds is 3. The minimum atomic E-state index is -4.76. The Balaban J connectivity index is 2.49.